The fourth-order valence-corrected chi connectivity index (χ4v) is 9.65. The normalized spacial score (nSPS) is 12.1. The lowest BCUT2D eigenvalue weighted by Crippen LogP contribution is -2.03. The molecule has 282 valence electrons. The van der Waals surface area contributed by atoms with Crippen molar-refractivity contribution in [1.29, 1.82) is 0 Å². The van der Waals surface area contributed by atoms with Crippen molar-refractivity contribution in [3.05, 3.63) is 200 Å². The number of aromatic nitrogens is 5. The molecule has 0 radical (unpaired) electrons. The largest absolute Gasteiger partial charge is 0.309 e. The molecule has 60 heavy (non-hydrogen) atoms. The van der Waals surface area contributed by atoms with Gasteiger partial charge in [0.15, 0.2) is 0 Å². The van der Waals surface area contributed by atoms with Crippen LogP contribution in [0.1, 0.15) is 18.2 Å². The number of nitrogens with zero attached hydrogens (tertiary/aromatic N) is 5. The second-order valence-electron chi connectivity index (χ2n) is 15.4. The third kappa shape index (κ3) is 4.87. The molecule has 0 aliphatic carbocycles. The molecule has 0 aliphatic rings. The summed E-state index contributed by atoms with van der Waals surface area (Å²) in [6.07, 6.45) is 6.37. The molecule has 5 nitrogen and oxygen atoms in total. The molecule has 5 heteroatoms. The summed E-state index contributed by atoms with van der Waals surface area (Å²) < 4.78 is 7.06. The van der Waals surface area contributed by atoms with Crippen LogP contribution < -0.4 is 0 Å². The molecule has 0 bridgehead atoms. The Kier molecular flexibility index (Phi) is 7.53. The van der Waals surface area contributed by atoms with E-state index in [0.29, 0.717) is 5.95 Å². The smallest absolute Gasteiger partial charge is 0.235 e. The molecule has 0 aliphatic heterocycles. The highest BCUT2D eigenvalue weighted by molar-refractivity contribution is 6.24. The van der Waals surface area contributed by atoms with Crippen molar-refractivity contribution >= 4 is 88.3 Å². The number of rotatable bonds is 6. The van der Waals surface area contributed by atoms with Crippen LogP contribution in [-0.2, 0) is 0 Å². The Morgan fingerprint density at radius 2 is 1.12 bits per heavy atom. The average Bonchev–Trinajstić information content (AvgIpc) is 3.93. The highest BCUT2D eigenvalue weighted by Gasteiger charge is 2.24. The molecule has 0 fully saturated rings. The maximum absolute atomic E-state index is 5.31. The molecular formula is C55H37N5. The quantitative estimate of drug-likeness (QED) is 0.169. The Bertz CT molecular complexity index is 3740. The second kappa shape index (κ2) is 13.3. The lowest BCUT2D eigenvalue weighted by atomic mass is 10.0. The fraction of sp³-hybridized carbons (Fsp3) is 0.0182. The third-order valence-electron chi connectivity index (χ3n) is 12.1. The molecule has 0 spiro atoms. The van der Waals surface area contributed by atoms with Gasteiger partial charge in [-0.1, -0.05) is 140 Å². The van der Waals surface area contributed by atoms with Crippen LogP contribution in [0.4, 0.5) is 0 Å². The summed E-state index contributed by atoms with van der Waals surface area (Å²) in [7, 11) is 0. The molecule has 0 atom stereocenters. The van der Waals surface area contributed by atoms with Gasteiger partial charge < -0.3 is 9.13 Å². The predicted molar refractivity (Wildman–Crippen MR) is 253 cm³/mol. The van der Waals surface area contributed by atoms with Gasteiger partial charge in [-0.05, 0) is 73.0 Å². The number of allylic oxidation sites excluding steroid dienone is 1. The maximum atomic E-state index is 5.31. The molecule has 4 aromatic heterocycles. The minimum absolute atomic E-state index is 0.645. The van der Waals surface area contributed by atoms with Gasteiger partial charge in [0, 0.05) is 54.5 Å². The van der Waals surface area contributed by atoms with E-state index in [0.717, 1.165) is 71.9 Å². The zero-order valence-electron chi connectivity index (χ0n) is 32.9. The van der Waals surface area contributed by atoms with Gasteiger partial charge in [-0.2, -0.15) is 0 Å². The van der Waals surface area contributed by atoms with Crippen molar-refractivity contribution in [2.45, 2.75) is 6.92 Å². The summed E-state index contributed by atoms with van der Waals surface area (Å²) in [4.78, 5) is 10.5. The van der Waals surface area contributed by atoms with Gasteiger partial charge in [0.2, 0.25) is 5.95 Å². The van der Waals surface area contributed by atoms with Crippen molar-refractivity contribution in [1.82, 2.24) is 23.7 Å². The first-order valence-corrected chi connectivity index (χ1v) is 20.4. The van der Waals surface area contributed by atoms with E-state index in [1.54, 1.807) is 0 Å². The third-order valence-corrected chi connectivity index (χ3v) is 12.1. The van der Waals surface area contributed by atoms with E-state index in [2.05, 4.69) is 203 Å². The lowest BCUT2D eigenvalue weighted by molar-refractivity contribution is 1.01. The van der Waals surface area contributed by atoms with Crippen LogP contribution in [-0.4, -0.2) is 23.7 Å². The SMILES string of the molecule is C=Cc1c(/C=C\C)n(-c2ccc3c(c2)c2ccccc2n3-c2nc(-c3ccccc3)c3ccccc3n2)c2ccc3c(c4ccccc4n3-c3cccc4ccccc34)c12. The molecule has 4 heterocycles. The van der Waals surface area contributed by atoms with E-state index in [9.17, 15) is 0 Å². The Hall–Kier alpha value is -8.02. The van der Waals surface area contributed by atoms with Crippen LogP contribution >= 0.6 is 0 Å². The van der Waals surface area contributed by atoms with Crippen molar-refractivity contribution in [3.8, 4) is 28.6 Å². The van der Waals surface area contributed by atoms with Gasteiger partial charge in [0.25, 0.3) is 0 Å². The van der Waals surface area contributed by atoms with Crippen molar-refractivity contribution < 1.29 is 0 Å². The summed E-state index contributed by atoms with van der Waals surface area (Å²) in [5, 5.41) is 9.35. The maximum Gasteiger partial charge on any atom is 0.235 e. The Morgan fingerprint density at radius 1 is 0.483 bits per heavy atom. The minimum Gasteiger partial charge on any atom is -0.309 e. The fourth-order valence-electron chi connectivity index (χ4n) is 9.65. The molecule has 0 unspecified atom stereocenters. The molecule has 0 saturated carbocycles. The molecule has 12 aromatic rings. The average molecular weight is 768 g/mol. The highest BCUT2D eigenvalue weighted by Crippen LogP contribution is 2.44. The van der Waals surface area contributed by atoms with E-state index in [4.69, 9.17) is 9.97 Å². The van der Waals surface area contributed by atoms with Crippen LogP contribution in [0.25, 0.3) is 117 Å². The van der Waals surface area contributed by atoms with Crippen LogP contribution in [0, 0.1) is 0 Å². The lowest BCUT2D eigenvalue weighted by Gasteiger charge is -2.13. The molecular weight excluding hydrogens is 731 g/mol. The Balaban J connectivity index is 1.13. The summed E-state index contributed by atoms with van der Waals surface area (Å²) in [6, 6.07) is 62.7. The van der Waals surface area contributed by atoms with Crippen LogP contribution in [0.2, 0.25) is 0 Å². The molecule has 0 saturated heterocycles. The molecule has 0 amide bonds. The molecule has 12 rings (SSSR count). The van der Waals surface area contributed by atoms with E-state index in [1.807, 2.05) is 18.2 Å². The summed E-state index contributed by atoms with van der Waals surface area (Å²) in [5.41, 5.74) is 12.9. The molecule has 8 aromatic carbocycles. The first kappa shape index (κ1) is 34.1. The first-order chi connectivity index (χ1) is 29.7. The van der Waals surface area contributed by atoms with Crippen LogP contribution in [0.5, 0.6) is 0 Å². The van der Waals surface area contributed by atoms with Crippen LogP contribution in [0.15, 0.2) is 189 Å². The van der Waals surface area contributed by atoms with E-state index < -0.39 is 0 Å². The van der Waals surface area contributed by atoms with Crippen LogP contribution in [0.3, 0.4) is 0 Å². The zero-order valence-corrected chi connectivity index (χ0v) is 32.9. The van der Waals surface area contributed by atoms with Gasteiger partial charge in [0.1, 0.15) is 0 Å². The van der Waals surface area contributed by atoms with Crippen molar-refractivity contribution in [2.24, 2.45) is 0 Å². The van der Waals surface area contributed by atoms with Crippen molar-refractivity contribution in [3.63, 3.8) is 0 Å². The highest BCUT2D eigenvalue weighted by atomic mass is 15.2. The standard InChI is InChI=1S/C55H37N5/c1-3-17-45-38(4-2)52-50(32-33-51-53(52)42-25-12-15-28-48(42)59(51)46-29-16-21-35-18-8-9-22-39(35)46)58(45)37-30-31-49-43(34-37)40-23-11-14-27-47(40)60(49)55-56-44-26-13-10-24-41(44)54(57-55)36-19-6-5-7-20-36/h3-34H,2H2,1H3/b17-3-. The van der Waals surface area contributed by atoms with Gasteiger partial charge in [0.05, 0.1) is 50.2 Å². The summed E-state index contributed by atoms with van der Waals surface area (Å²) >= 11 is 0. The monoisotopic (exact) mass is 767 g/mol. The second-order valence-corrected chi connectivity index (χ2v) is 15.4. The van der Waals surface area contributed by atoms with E-state index >= 15 is 0 Å². The summed E-state index contributed by atoms with van der Waals surface area (Å²) in [6.45, 7) is 6.52. The van der Waals surface area contributed by atoms with Gasteiger partial charge in [-0.3, -0.25) is 4.57 Å². The number of benzene rings is 8. The Labute approximate surface area is 346 Å². The predicted octanol–water partition coefficient (Wildman–Crippen LogP) is 14.3. The van der Waals surface area contributed by atoms with E-state index in [1.165, 1.54) is 38.1 Å². The number of hydrogen-bond donors (Lipinski definition) is 0. The topological polar surface area (TPSA) is 40.6 Å². The van der Waals surface area contributed by atoms with Gasteiger partial charge in [-0.15, -0.1) is 0 Å². The Morgan fingerprint density at radius 3 is 1.92 bits per heavy atom. The summed E-state index contributed by atoms with van der Waals surface area (Å²) in [5.74, 6) is 0.645. The van der Waals surface area contributed by atoms with Crippen molar-refractivity contribution in [2.75, 3.05) is 0 Å². The van der Waals surface area contributed by atoms with Gasteiger partial charge >= 0.3 is 0 Å². The van der Waals surface area contributed by atoms with E-state index in [-0.39, 0.29) is 0 Å². The minimum atomic E-state index is 0.645. The number of fused-ring (bicyclic) bond motifs is 10. The first-order valence-electron chi connectivity index (χ1n) is 20.4. The van der Waals surface area contributed by atoms with Gasteiger partial charge in [-0.25, -0.2) is 9.97 Å². The number of para-hydroxylation sites is 3. The zero-order chi connectivity index (χ0) is 39.9. The molecule has 0 N–H and O–H groups in total. The number of hydrogen-bond acceptors (Lipinski definition) is 2.